The number of hydrogen-bond donors (Lipinski definition) is 4. The Kier molecular flexibility index (Phi) is 19.8. The third kappa shape index (κ3) is 14.1. The summed E-state index contributed by atoms with van der Waals surface area (Å²) in [4.78, 5) is 150. The molecule has 15 heterocycles. The van der Waals surface area contributed by atoms with Crippen LogP contribution >= 0.6 is 0 Å². The van der Waals surface area contributed by atoms with Gasteiger partial charge >= 0.3 is 50.3 Å². The number of benzene rings is 12. The smallest absolute Gasteiger partial charge is 0.399 e. The molecule has 0 spiro atoms. The van der Waals surface area contributed by atoms with Crippen LogP contribution in [0.2, 0.25) is 0 Å². The zero-order valence-corrected chi connectivity index (χ0v) is 73.1. The fraction of sp³-hybridized carbons (Fsp3) is 0.0103. The molecule has 0 unspecified atom stereocenters. The van der Waals surface area contributed by atoms with Gasteiger partial charge in [0.1, 0.15) is 0 Å². The van der Waals surface area contributed by atoms with E-state index in [0.29, 0.717) is 153 Å². The number of anilines is 4. The molecule has 0 aliphatic carbocycles. The molecule has 8 N–H and O–H groups in total. The Morgan fingerprint density at radius 2 is 0.387 bits per heavy atom. The van der Waals surface area contributed by atoms with E-state index < -0.39 is 14.8 Å². The first-order valence-corrected chi connectivity index (χ1v) is 41.4. The molecule has 0 atom stereocenters. The number of aromatic nitrogens is 24. The molecule has 12 aromatic carbocycles. The molecule has 0 fully saturated rings. The maximum absolute atomic E-state index is 11.8. The molecule has 40 heteroatoms. The van der Waals surface area contributed by atoms with Gasteiger partial charge in [0, 0.05) is 204 Å². The Morgan fingerprint density at radius 3 is 0.679 bits per heavy atom. The Labute approximate surface area is 796 Å². The van der Waals surface area contributed by atoms with Crippen molar-refractivity contribution in [1.82, 2.24) is 120 Å². The molecule has 37 nitrogen and oxygen atoms in total. The molecular weight excluding hydrogens is 1870 g/mol. The van der Waals surface area contributed by atoms with E-state index in [1.165, 1.54) is 54.6 Å². The number of nitrogens with zero attached hydrogens (tertiary/aromatic N) is 27. The van der Waals surface area contributed by atoms with E-state index in [0.717, 1.165) is 93.2 Å². The van der Waals surface area contributed by atoms with Crippen LogP contribution in [-0.2, 0) is 50.3 Å². The summed E-state index contributed by atoms with van der Waals surface area (Å²) >= 11 is 0. The minimum atomic E-state index is -0.555. The minimum Gasteiger partial charge on any atom is -0.399 e. The number of nitro groups is 3. The van der Waals surface area contributed by atoms with Crippen LogP contribution in [0, 0.1) is 37.3 Å². The maximum Gasteiger partial charge on any atom is 2.00 e. The molecule has 657 valence electrons. The first-order valence-electron chi connectivity index (χ1n) is 41.4. The van der Waals surface area contributed by atoms with Crippen molar-refractivity contribution in [1.29, 1.82) is 0 Å². The SMILES string of the molecule is Cc1ccc2c(c1)-c1nc-2nc2[n-]c(nc3nc(nc4[n-]c(n1)c1ccc([N+](=O)[O-])cc41)-c1ccc([N+](=O)[O-])cc1-3)c1ccc([N+](=O)[O-])cc21.Nc1ccc2c(c1)-c1nc-2nc2[n-]c(nc3nc(nc4[n-]c(n1)c1ccc(N)cc41)-c1ccc(N)cc1-3)c1ccc(N)cc21.[Co+2].[Co+2].[Co+2].c1ccc2c(c1)-c1nc-2nc2[n-]c(nc3nc(nc4[n-]c(n1)c1ccccc41)-c1ccccc1-3)c1ccccc21. The van der Waals surface area contributed by atoms with Crippen molar-refractivity contribution in [2.45, 2.75) is 6.92 Å². The third-order valence-corrected chi connectivity index (χ3v) is 23.6. The van der Waals surface area contributed by atoms with Crippen LogP contribution in [0.15, 0.2) is 243 Å². The number of nitrogens with two attached hydrogens (primary N) is 4. The van der Waals surface area contributed by atoms with Crippen molar-refractivity contribution < 1.29 is 65.1 Å². The number of nitrogen functional groups attached to an aromatic ring is 4. The van der Waals surface area contributed by atoms with Crippen LogP contribution < -0.4 is 52.8 Å². The van der Waals surface area contributed by atoms with Gasteiger partial charge in [-0.25, -0.2) is 29.9 Å². The van der Waals surface area contributed by atoms with Gasteiger partial charge in [-0.3, -0.25) is 30.3 Å². The van der Waals surface area contributed by atoms with Crippen molar-refractivity contribution in [3.8, 4) is 137 Å². The third-order valence-electron chi connectivity index (χ3n) is 23.6. The normalized spacial score (nSPS) is 11.7. The van der Waals surface area contributed by atoms with Crippen molar-refractivity contribution in [2.75, 3.05) is 22.9 Å². The number of aryl methyl sites for hydroxylation is 1. The Morgan fingerprint density at radius 1 is 0.197 bits per heavy atom. The van der Waals surface area contributed by atoms with Gasteiger partial charge in [-0.2, -0.15) is 0 Å². The quantitative estimate of drug-likeness (QED) is 0.0725. The van der Waals surface area contributed by atoms with Gasteiger partial charge in [0.2, 0.25) is 0 Å². The van der Waals surface area contributed by atoms with Gasteiger partial charge in [-0.05, 0) is 146 Å². The zero-order chi connectivity index (χ0) is 90.3. The van der Waals surface area contributed by atoms with Gasteiger partial charge in [-0.15, -0.1) is 0 Å². The van der Waals surface area contributed by atoms with Crippen LogP contribution in [0.25, 0.3) is 269 Å². The summed E-state index contributed by atoms with van der Waals surface area (Å²) in [6.45, 7) is 1.91. The molecule has 6 aliphatic heterocycles. The summed E-state index contributed by atoms with van der Waals surface area (Å²) < 4.78 is 0. The van der Waals surface area contributed by atoms with E-state index in [9.17, 15) is 30.3 Å². The van der Waals surface area contributed by atoms with Crippen LogP contribution in [0.3, 0.4) is 0 Å². The summed E-state index contributed by atoms with van der Waals surface area (Å²) in [6, 6.07) is 71.9. The van der Waals surface area contributed by atoms with Crippen molar-refractivity contribution in [3.05, 3.63) is 279 Å². The molecule has 0 saturated carbocycles. The molecule has 21 aromatic rings. The molecule has 27 rings (SSSR count). The molecule has 9 aromatic heterocycles. The maximum atomic E-state index is 11.8. The summed E-state index contributed by atoms with van der Waals surface area (Å²) in [6.07, 6.45) is 0. The molecule has 24 bridgehead atoms. The molecular formula is C97H51Co3N31O6. The molecule has 0 amide bonds. The predicted octanol–water partition coefficient (Wildman–Crippen LogP) is 16.7. The van der Waals surface area contributed by atoms with Gasteiger partial charge in [-0.1, -0.05) is 127 Å². The topological polar surface area (TPSA) is 550 Å². The Bertz CT molecular complexity index is 9030. The standard InChI is InChI=1S/C33H15N11O6.C32H20N12.C32H16N8.3Co/c1-14-2-6-18-22(10-14)30-34-26(18)36-31-24-12-16(43(47)48)4-8-20(24)28(38-31)40-33-25-13-17(44(49)50)5-9-21(25)29(41-33)39-32-23-11-15(42(45)46)3-7-19(23)27(35-30)37-32;33-13-1-5-17-21(9-13)29-37-25(17)41-30-22-10-14(34)2-6-18(22)27(38-30)43-32-24-12-16(36)4-8-20(24)28(40-32)44-31-23-11-15(35)3-7-19(23)26(39-31)42-29;1-2-10-18-17(9-1)25-33-26(18)38-28-21-13-5-6-14-22(21)30(35-28)40-32-24-16-8-7-15-23(24)31(36-32)39-29-20-12-4-3-11-19(20)27(34-29)37-25;;;/h2-13H,1H3;1-12H,33-36H2;1-16H;;;/q3*-2;3*+2. The summed E-state index contributed by atoms with van der Waals surface area (Å²) in [7, 11) is 0. The number of nitro benzene ring substituents is 3. The van der Waals surface area contributed by atoms with Crippen LogP contribution in [0.1, 0.15) is 5.56 Å². The fourth-order valence-corrected chi connectivity index (χ4v) is 17.3. The number of fused-ring (bicyclic) bond motifs is 60. The minimum absolute atomic E-state index is 0. The first kappa shape index (κ1) is 84.2. The molecule has 3 radical (unpaired) electrons. The van der Waals surface area contributed by atoms with Crippen molar-refractivity contribution >= 4 is 172 Å². The summed E-state index contributed by atoms with van der Waals surface area (Å²) in [5.41, 5.74) is 40.2. The van der Waals surface area contributed by atoms with E-state index in [1.807, 2.05) is 171 Å². The fourth-order valence-electron chi connectivity index (χ4n) is 17.3. The Hall–Kier alpha value is -18.4. The second kappa shape index (κ2) is 32.3. The monoisotopic (exact) mass is 1920 g/mol. The molecule has 137 heavy (non-hydrogen) atoms. The average Bonchev–Trinajstić information content (AvgIpc) is 1.60. The van der Waals surface area contributed by atoms with E-state index in [4.69, 9.17) is 128 Å². The van der Waals surface area contributed by atoms with Gasteiger partial charge in [0.15, 0.2) is 0 Å². The second-order valence-electron chi connectivity index (χ2n) is 31.9. The second-order valence-corrected chi connectivity index (χ2v) is 31.9. The van der Waals surface area contributed by atoms with Crippen molar-refractivity contribution in [3.63, 3.8) is 0 Å². The van der Waals surface area contributed by atoms with Gasteiger partial charge in [0.05, 0.1) is 84.7 Å². The van der Waals surface area contributed by atoms with Crippen LogP contribution in [-0.4, -0.2) is 104 Å². The average molecular weight is 1920 g/mol. The predicted molar refractivity (Wildman–Crippen MR) is 504 cm³/mol. The van der Waals surface area contributed by atoms with E-state index in [2.05, 4.69) is 15.0 Å². The van der Waals surface area contributed by atoms with E-state index in [-0.39, 0.29) is 119 Å². The number of rotatable bonds is 3. The van der Waals surface area contributed by atoms with Gasteiger partial charge < -0.3 is 113 Å². The molecule has 6 aliphatic rings. The first-order chi connectivity index (χ1) is 65.3. The largest absolute Gasteiger partial charge is 2.00 e. The molecule has 0 saturated heterocycles. The number of non-ortho nitro benzene ring substituents is 3. The van der Waals surface area contributed by atoms with E-state index in [1.54, 1.807) is 24.3 Å². The zero-order valence-electron chi connectivity index (χ0n) is 69.9. The van der Waals surface area contributed by atoms with Crippen LogP contribution in [0.4, 0.5) is 39.8 Å². The number of hydrogen-bond acceptors (Lipinski definition) is 28. The summed E-state index contributed by atoms with van der Waals surface area (Å²) in [5.74, 6) is 4.50. The van der Waals surface area contributed by atoms with Crippen LogP contribution in [0.5, 0.6) is 0 Å². The van der Waals surface area contributed by atoms with E-state index >= 15 is 0 Å². The van der Waals surface area contributed by atoms with Gasteiger partial charge in [0.25, 0.3) is 17.1 Å². The van der Waals surface area contributed by atoms with Crippen molar-refractivity contribution in [2.24, 2.45) is 0 Å². The summed E-state index contributed by atoms with van der Waals surface area (Å²) in [5, 5.41) is 43.3. The Balaban J connectivity index is 0.000000118.